The number of ketones is 1. The third kappa shape index (κ3) is 2.38. The van der Waals surface area contributed by atoms with Crippen LogP contribution in [-0.4, -0.2) is 11.9 Å². The van der Waals surface area contributed by atoms with Gasteiger partial charge < -0.3 is 4.74 Å². The highest BCUT2D eigenvalue weighted by molar-refractivity contribution is 6.30. The van der Waals surface area contributed by atoms with Gasteiger partial charge in [0.05, 0.1) is 0 Å². The van der Waals surface area contributed by atoms with Crippen LogP contribution >= 0.6 is 11.6 Å². The first-order valence-electron chi connectivity index (χ1n) is 5.54. The molecule has 0 saturated heterocycles. The molecule has 1 aliphatic rings. The second-order valence-corrected chi connectivity index (χ2v) is 5.06. The van der Waals surface area contributed by atoms with E-state index >= 15 is 0 Å². The third-order valence-corrected chi connectivity index (χ3v) is 2.90. The first-order valence-corrected chi connectivity index (χ1v) is 5.92. The number of fused-ring (bicyclic) bond motifs is 1. The topological polar surface area (TPSA) is 26.3 Å². The van der Waals surface area contributed by atoms with E-state index in [1.165, 1.54) is 0 Å². The lowest BCUT2D eigenvalue weighted by Crippen LogP contribution is -2.26. The Morgan fingerprint density at radius 3 is 3.00 bits per heavy atom. The summed E-state index contributed by atoms with van der Waals surface area (Å²) in [4.78, 5) is 11.9. The summed E-state index contributed by atoms with van der Waals surface area (Å²) in [7, 11) is 0. The molecule has 1 heterocycles. The number of rotatable bonds is 3. The molecule has 0 aliphatic carbocycles. The van der Waals surface area contributed by atoms with Gasteiger partial charge in [-0.2, -0.15) is 0 Å². The van der Waals surface area contributed by atoms with E-state index < -0.39 is 0 Å². The van der Waals surface area contributed by atoms with Gasteiger partial charge in [-0.25, -0.2) is 0 Å². The van der Waals surface area contributed by atoms with Gasteiger partial charge in [0.25, 0.3) is 0 Å². The fraction of sp³-hybridized carbons (Fsp3) is 0.462. The van der Waals surface area contributed by atoms with Crippen LogP contribution in [0, 0.1) is 5.92 Å². The summed E-state index contributed by atoms with van der Waals surface area (Å²) in [6, 6.07) is 5.50. The molecule has 0 radical (unpaired) electrons. The predicted octanol–water partition coefficient (Wildman–Crippen LogP) is 3.26. The summed E-state index contributed by atoms with van der Waals surface area (Å²) in [6.07, 6.45) is 0.921. The third-order valence-electron chi connectivity index (χ3n) is 2.67. The molecule has 1 aliphatic heterocycles. The number of hydrogen-bond donors (Lipinski definition) is 0. The summed E-state index contributed by atoms with van der Waals surface area (Å²) < 4.78 is 5.62. The standard InChI is InChI=1S/C13H15ClO2/c1-8(2)5-11(15)13-7-9-6-10(14)3-4-12(9)16-13/h3-4,6,8,13H,5,7H2,1-2H3. The Kier molecular flexibility index (Phi) is 3.20. The molecule has 2 nitrogen and oxygen atoms in total. The van der Waals surface area contributed by atoms with Crippen molar-refractivity contribution in [2.75, 3.05) is 0 Å². The van der Waals surface area contributed by atoms with Crippen molar-refractivity contribution in [2.24, 2.45) is 5.92 Å². The number of benzene rings is 1. The Labute approximate surface area is 101 Å². The smallest absolute Gasteiger partial charge is 0.173 e. The van der Waals surface area contributed by atoms with Crippen molar-refractivity contribution in [1.82, 2.24) is 0 Å². The summed E-state index contributed by atoms with van der Waals surface area (Å²) in [5, 5.41) is 0.694. The molecule has 86 valence electrons. The molecule has 1 aromatic carbocycles. The van der Waals surface area contributed by atoms with Gasteiger partial charge in [0.1, 0.15) is 5.75 Å². The van der Waals surface area contributed by atoms with Gasteiger partial charge in [-0.05, 0) is 29.7 Å². The quantitative estimate of drug-likeness (QED) is 0.808. The molecule has 0 bridgehead atoms. The number of carbonyl (C=O) groups is 1. The minimum Gasteiger partial charge on any atom is -0.482 e. The van der Waals surface area contributed by atoms with Gasteiger partial charge in [0, 0.05) is 17.9 Å². The van der Waals surface area contributed by atoms with Crippen molar-refractivity contribution in [3.8, 4) is 5.75 Å². The normalized spacial score (nSPS) is 18.4. The Balaban J connectivity index is 2.08. The van der Waals surface area contributed by atoms with E-state index in [1.807, 2.05) is 26.0 Å². The molecule has 0 fully saturated rings. The van der Waals surface area contributed by atoms with Crippen LogP contribution in [0.1, 0.15) is 25.8 Å². The molecule has 0 aromatic heterocycles. The van der Waals surface area contributed by atoms with E-state index in [0.717, 1.165) is 11.3 Å². The monoisotopic (exact) mass is 238 g/mol. The van der Waals surface area contributed by atoms with Crippen molar-refractivity contribution in [2.45, 2.75) is 32.8 Å². The first kappa shape index (κ1) is 11.5. The Morgan fingerprint density at radius 2 is 2.31 bits per heavy atom. The Bertz CT molecular complexity index is 412. The maximum absolute atomic E-state index is 11.9. The average Bonchev–Trinajstić information content (AvgIpc) is 2.59. The molecule has 0 amide bonds. The van der Waals surface area contributed by atoms with Crippen molar-refractivity contribution >= 4 is 17.4 Å². The fourth-order valence-corrected chi connectivity index (χ4v) is 2.13. The number of halogens is 1. The fourth-order valence-electron chi connectivity index (χ4n) is 1.93. The molecule has 0 saturated carbocycles. The molecule has 3 heteroatoms. The second-order valence-electron chi connectivity index (χ2n) is 4.63. The minimum absolute atomic E-state index is 0.183. The molecule has 16 heavy (non-hydrogen) atoms. The highest BCUT2D eigenvalue weighted by Gasteiger charge is 2.29. The van der Waals surface area contributed by atoms with E-state index in [1.54, 1.807) is 6.07 Å². The molecular weight excluding hydrogens is 224 g/mol. The minimum atomic E-state index is -0.309. The number of Topliss-reactive ketones (excluding diaryl/α,β-unsaturated/α-hetero) is 1. The van der Waals surface area contributed by atoms with Gasteiger partial charge in [0.2, 0.25) is 0 Å². The number of carbonyl (C=O) groups excluding carboxylic acids is 1. The number of ether oxygens (including phenoxy) is 1. The summed E-state index contributed by atoms with van der Waals surface area (Å²) >= 11 is 5.89. The van der Waals surface area contributed by atoms with Crippen molar-refractivity contribution < 1.29 is 9.53 Å². The van der Waals surface area contributed by atoms with Gasteiger partial charge in [-0.1, -0.05) is 25.4 Å². The van der Waals surface area contributed by atoms with E-state index in [0.29, 0.717) is 23.8 Å². The van der Waals surface area contributed by atoms with Crippen molar-refractivity contribution in [1.29, 1.82) is 0 Å². The predicted molar refractivity (Wildman–Crippen MR) is 64.0 cm³/mol. The van der Waals surface area contributed by atoms with Gasteiger partial charge in [0.15, 0.2) is 11.9 Å². The molecule has 1 unspecified atom stereocenters. The Morgan fingerprint density at radius 1 is 1.56 bits per heavy atom. The van der Waals surface area contributed by atoms with E-state index in [4.69, 9.17) is 16.3 Å². The van der Waals surface area contributed by atoms with E-state index in [9.17, 15) is 4.79 Å². The van der Waals surface area contributed by atoms with Crippen molar-refractivity contribution in [3.05, 3.63) is 28.8 Å². The van der Waals surface area contributed by atoms with Crippen LogP contribution in [-0.2, 0) is 11.2 Å². The highest BCUT2D eigenvalue weighted by Crippen LogP contribution is 2.31. The zero-order valence-electron chi connectivity index (χ0n) is 9.50. The van der Waals surface area contributed by atoms with Crippen molar-refractivity contribution in [3.63, 3.8) is 0 Å². The lowest BCUT2D eigenvalue weighted by atomic mass is 10.0. The summed E-state index contributed by atoms with van der Waals surface area (Å²) in [5.74, 6) is 1.36. The average molecular weight is 239 g/mol. The van der Waals surface area contributed by atoms with Crippen LogP contribution in [0.2, 0.25) is 5.02 Å². The lowest BCUT2D eigenvalue weighted by molar-refractivity contribution is -0.125. The van der Waals surface area contributed by atoms with Gasteiger partial charge >= 0.3 is 0 Å². The van der Waals surface area contributed by atoms with Crippen LogP contribution in [0.25, 0.3) is 0 Å². The SMILES string of the molecule is CC(C)CC(=O)C1Cc2cc(Cl)ccc2O1. The zero-order chi connectivity index (χ0) is 11.7. The molecule has 1 atom stereocenters. The van der Waals surface area contributed by atoms with Crippen LogP contribution in [0.5, 0.6) is 5.75 Å². The van der Waals surface area contributed by atoms with E-state index in [-0.39, 0.29) is 11.9 Å². The van der Waals surface area contributed by atoms with Crippen LogP contribution < -0.4 is 4.74 Å². The molecule has 1 aromatic rings. The van der Waals surface area contributed by atoms with Crippen LogP contribution in [0.15, 0.2) is 18.2 Å². The highest BCUT2D eigenvalue weighted by atomic mass is 35.5. The first-order chi connectivity index (χ1) is 7.56. The van der Waals surface area contributed by atoms with E-state index in [2.05, 4.69) is 0 Å². The molecule has 2 rings (SSSR count). The zero-order valence-corrected chi connectivity index (χ0v) is 10.3. The maximum Gasteiger partial charge on any atom is 0.173 e. The largest absolute Gasteiger partial charge is 0.482 e. The summed E-state index contributed by atoms with van der Waals surface area (Å²) in [5.41, 5.74) is 1.04. The Hall–Kier alpha value is -1.02. The molecule has 0 N–H and O–H groups in total. The van der Waals surface area contributed by atoms with Gasteiger partial charge in [-0.15, -0.1) is 0 Å². The maximum atomic E-state index is 11.9. The molecule has 0 spiro atoms. The van der Waals surface area contributed by atoms with Crippen LogP contribution in [0.4, 0.5) is 0 Å². The molecular formula is C13H15ClO2. The number of hydrogen-bond acceptors (Lipinski definition) is 2. The summed E-state index contributed by atoms with van der Waals surface area (Å²) in [6.45, 7) is 4.08. The van der Waals surface area contributed by atoms with Crippen LogP contribution in [0.3, 0.4) is 0 Å². The second kappa shape index (κ2) is 4.46. The lowest BCUT2D eigenvalue weighted by Gasteiger charge is -2.10. The van der Waals surface area contributed by atoms with Gasteiger partial charge in [-0.3, -0.25) is 4.79 Å².